The van der Waals surface area contributed by atoms with Crippen LogP contribution in [-0.2, 0) is 25.1 Å². The standard InChI is InChI=1S/C22H19ClN2O2S2/c23-17-9-3-1-6-14(17)13-28-22-24-20-19(16-8-2-4-10-18(16)29-20)21(26)25(22)12-15-7-5-11-27-15/h1,3,5-7,9,11H,2,4,8,10,12-13H2. The number of thioether (sulfide) groups is 1. The van der Waals surface area contributed by atoms with Crippen molar-refractivity contribution in [1.29, 1.82) is 0 Å². The maximum Gasteiger partial charge on any atom is 0.263 e. The topological polar surface area (TPSA) is 48.0 Å². The first-order valence-electron chi connectivity index (χ1n) is 9.64. The number of aromatic nitrogens is 2. The summed E-state index contributed by atoms with van der Waals surface area (Å²) in [5, 5.41) is 2.24. The van der Waals surface area contributed by atoms with Crippen molar-refractivity contribution in [2.45, 2.75) is 43.1 Å². The molecule has 0 N–H and O–H groups in total. The van der Waals surface area contributed by atoms with E-state index in [4.69, 9.17) is 21.0 Å². The molecule has 1 aromatic carbocycles. The van der Waals surface area contributed by atoms with E-state index in [2.05, 4.69) is 0 Å². The van der Waals surface area contributed by atoms with E-state index in [0.717, 1.165) is 45.8 Å². The zero-order chi connectivity index (χ0) is 19.8. The Labute approximate surface area is 181 Å². The van der Waals surface area contributed by atoms with Gasteiger partial charge in [-0.25, -0.2) is 4.98 Å². The highest BCUT2D eigenvalue weighted by molar-refractivity contribution is 7.98. The van der Waals surface area contributed by atoms with Gasteiger partial charge in [0, 0.05) is 15.7 Å². The van der Waals surface area contributed by atoms with Crippen LogP contribution in [0.5, 0.6) is 0 Å². The number of fused-ring (bicyclic) bond motifs is 3. The fraction of sp³-hybridized carbons (Fsp3) is 0.273. The van der Waals surface area contributed by atoms with Gasteiger partial charge in [-0.2, -0.15) is 0 Å². The molecule has 0 spiro atoms. The lowest BCUT2D eigenvalue weighted by Gasteiger charge is -2.13. The molecule has 0 fully saturated rings. The lowest BCUT2D eigenvalue weighted by Crippen LogP contribution is -2.24. The summed E-state index contributed by atoms with van der Waals surface area (Å²) in [4.78, 5) is 20.6. The minimum atomic E-state index is 0.0347. The summed E-state index contributed by atoms with van der Waals surface area (Å²) in [6.07, 6.45) is 5.98. The molecule has 0 atom stereocenters. The number of rotatable bonds is 5. The van der Waals surface area contributed by atoms with Gasteiger partial charge in [-0.05, 0) is 55.0 Å². The van der Waals surface area contributed by atoms with Crippen molar-refractivity contribution in [2.24, 2.45) is 0 Å². The molecule has 1 aliphatic carbocycles. The van der Waals surface area contributed by atoms with E-state index >= 15 is 0 Å². The third-order valence-electron chi connectivity index (χ3n) is 5.25. The van der Waals surface area contributed by atoms with Crippen LogP contribution >= 0.6 is 34.7 Å². The smallest absolute Gasteiger partial charge is 0.263 e. The predicted octanol–water partition coefficient (Wildman–Crippen LogP) is 5.92. The molecule has 148 valence electrons. The third kappa shape index (κ3) is 3.65. The normalized spacial score (nSPS) is 13.7. The number of halogens is 1. The molecule has 0 saturated carbocycles. The van der Waals surface area contributed by atoms with Crippen LogP contribution in [0, 0.1) is 0 Å². The van der Waals surface area contributed by atoms with Crippen molar-refractivity contribution in [3.63, 3.8) is 0 Å². The van der Waals surface area contributed by atoms with Crippen LogP contribution in [0.25, 0.3) is 10.2 Å². The van der Waals surface area contributed by atoms with Crippen LogP contribution in [0.15, 0.2) is 57.0 Å². The molecule has 0 bridgehead atoms. The van der Waals surface area contributed by atoms with Crippen LogP contribution in [0.2, 0.25) is 5.02 Å². The number of hydrogen-bond donors (Lipinski definition) is 0. The molecular weight excluding hydrogens is 424 g/mol. The first-order valence-corrected chi connectivity index (χ1v) is 11.8. The summed E-state index contributed by atoms with van der Waals surface area (Å²) in [7, 11) is 0. The minimum Gasteiger partial charge on any atom is -0.467 e. The second-order valence-corrected chi connectivity index (χ2v) is 9.57. The Hall–Kier alpha value is -2.02. The summed E-state index contributed by atoms with van der Waals surface area (Å²) in [5.74, 6) is 1.40. The molecule has 0 unspecified atom stereocenters. The van der Waals surface area contributed by atoms with Gasteiger partial charge in [0.1, 0.15) is 10.6 Å². The number of nitrogens with zero attached hydrogens (tertiary/aromatic N) is 2. The van der Waals surface area contributed by atoms with Crippen molar-refractivity contribution in [2.75, 3.05) is 0 Å². The minimum absolute atomic E-state index is 0.0347. The van der Waals surface area contributed by atoms with Gasteiger partial charge in [0.15, 0.2) is 5.16 Å². The molecule has 3 aromatic heterocycles. The van der Waals surface area contributed by atoms with Gasteiger partial charge < -0.3 is 4.42 Å². The van der Waals surface area contributed by atoms with Crippen LogP contribution < -0.4 is 5.56 Å². The van der Waals surface area contributed by atoms with Crippen LogP contribution in [-0.4, -0.2) is 9.55 Å². The van der Waals surface area contributed by atoms with Crippen LogP contribution in [0.1, 0.15) is 34.6 Å². The molecule has 5 rings (SSSR count). The summed E-state index contributed by atoms with van der Waals surface area (Å²) in [5.41, 5.74) is 2.28. The molecule has 0 aliphatic heterocycles. The van der Waals surface area contributed by atoms with Gasteiger partial charge in [-0.3, -0.25) is 9.36 Å². The molecule has 7 heteroatoms. The van der Waals surface area contributed by atoms with E-state index in [1.807, 2.05) is 36.4 Å². The van der Waals surface area contributed by atoms with E-state index in [1.54, 1.807) is 33.9 Å². The van der Waals surface area contributed by atoms with E-state index in [1.165, 1.54) is 16.9 Å². The highest BCUT2D eigenvalue weighted by atomic mass is 35.5. The Balaban J connectivity index is 1.60. The molecule has 1 aliphatic rings. The lowest BCUT2D eigenvalue weighted by atomic mass is 9.97. The Morgan fingerprint density at radius 3 is 2.86 bits per heavy atom. The fourth-order valence-corrected chi connectivity index (χ4v) is 6.37. The average molecular weight is 443 g/mol. The zero-order valence-corrected chi connectivity index (χ0v) is 18.1. The van der Waals surface area contributed by atoms with Crippen molar-refractivity contribution < 1.29 is 4.42 Å². The van der Waals surface area contributed by atoms with E-state index < -0.39 is 0 Å². The SMILES string of the molecule is O=c1c2c3c(sc2nc(SCc2ccccc2Cl)n1Cc1ccco1)CCCC3. The van der Waals surface area contributed by atoms with Crippen molar-refractivity contribution in [3.05, 3.63) is 79.8 Å². The van der Waals surface area contributed by atoms with Crippen LogP contribution in [0.3, 0.4) is 0 Å². The van der Waals surface area contributed by atoms with Crippen molar-refractivity contribution in [1.82, 2.24) is 9.55 Å². The van der Waals surface area contributed by atoms with Gasteiger partial charge in [0.05, 0.1) is 18.2 Å². The van der Waals surface area contributed by atoms with E-state index in [9.17, 15) is 4.79 Å². The largest absolute Gasteiger partial charge is 0.467 e. The molecule has 0 saturated heterocycles. The second-order valence-electron chi connectivity index (χ2n) is 7.14. The number of benzene rings is 1. The van der Waals surface area contributed by atoms with E-state index in [-0.39, 0.29) is 5.56 Å². The first kappa shape index (κ1) is 19.0. The Bertz CT molecular complexity index is 1230. The molecule has 0 amide bonds. The fourth-order valence-electron chi connectivity index (χ4n) is 3.79. The summed E-state index contributed by atoms with van der Waals surface area (Å²) in [6.45, 7) is 0.379. The van der Waals surface area contributed by atoms with E-state index in [0.29, 0.717) is 17.5 Å². The number of aryl methyl sites for hydroxylation is 2. The summed E-state index contributed by atoms with van der Waals surface area (Å²) < 4.78 is 7.27. The monoisotopic (exact) mass is 442 g/mol. The second kappa shape index (κ2) is 8.01. The summed E-state index contributed by atoms with van der Waals surface area (Å²) in [6, 6.07) is 11.5. The molecule has 3 heterocycles. The lowest BCUT2D eigenvalue weighted by molar-refractivity contribution is 0.476. The Kier molecular flexibility index (Phi) is 5.24. The molecule has 0 radical (unpaired) electrons. The van der Waals surface area contributed by atoms with Gasteiger partial charge in [0.2, 0.25) is 0 Å². The molecular formula is C22H19ClN2O2S2. The van der Waals surface area contributed by atoms with Gasteiger partial charge in [-0.1, -0.05) is 41.6 Å². The average Bonchev–Trinajstić information content (AvgIpc) is 3.37. The van der Waals surface area contributed by atoms with Gasteiger partial charge in [0.25, 0.3) is 5.56 Å². The Morgan fingerprint density at radius 1 is 1.17 bits per heavy atom. The summed E-state index contributed by atoms with van der Waals surface area (Å²) >= 11 is 9.55. The zero-order valence-electron chi connectivity index (χ0n) is 15.7. The highest BCUT2D eigenvalue weighted by Gasteiger charge is 2.22. The number of hydrogen-bond acceptors (Lipinski definition) is 5. The van der Waals surface area contributed by atoms with Crippen molar-refractivity contribution in [3.8, 4) is 0 Å². The molecule has 4 aromatic rings. The van der Waals surface area contributed by atoms with Gasteiger partial charge >= 0.3 is 0 Å². The number of thiophene rings is 1. The van der Waals surface area contributed by atoms with Gasteiger partial charge in [-0.15, -0.1) is 11.3 Å². The quantitative estimate of drug-likeness (QED) is 0.284. The predicted molar refractivity (Wildman–Crippen MR) is 119 cm³/mol. The van der Waals surface area contributed by atoms with Crippen LogP contribution in [0.4, 0.5) is 0 Å². The third-order valence-corrected chi connectivity index (χ3v) is 7.83. The maximum absolute atomic E-state index is 13.5. The maximum atomic E-state index is 13.5. The number of furan rings is 1. The molecule has 29 heavy (non-hydrogen) atoms. The Morgan fingerprint density at radius 2 is 2.03 bits per heavy atom. The van der Waals surface area contributed by atoms with Crippen molar-refractivity contribution >= 4 is 44.9 Å². The molecule has 4 nitrogen and oxygen atoms in total. The highest BCUT2D eigenvalue weighted by Crippen LogP contribution is 2.35. The first-order chi connectivity index (χ1) is 14.2.